The smallest absolute Gasteiger partial charge is 0.309 e. The highest BCUT2D eigenvalue weighted by molar-refractivity contribution is 5.74. The third-order valence-electron chi connectivity index (χ3n) is 18.8. The number of aliphatic hydroxyl groups is 12. The summed E-state index contributed by atoms with van der Waals surface area (Å²) in [6.07, 6.45) is 20.2. The molecule has 0 saturated carbocycles. The van der Waals surface area contributed by atoms with Crippen LogP contribution in [0.2, 0.25) is 0 Å². The van der Waals surface area contributed by atoms with E-state index in [0.29, 0.717) is 122 Å². The van der Waals surface area contributed by atoms with E-state index < -0.39 is 70.0 Å². The summed E-state index contributed by atoms with van der Waals surface area (Å²) in [7, 11) is 0. The van der Waals surface area contributed by atoms with Crippen molar-refractivity contribution in [2.75, 3.05) is 26.4 Å². The number of aliphatic hydroxyl groups excluding tert-OH is 12. The van der Waals surface area contributed by atoms with Crippen LogP contribution in [0.5, 0.6) is 0 Å². The lowest BCUT2D eigenvalue weighted by Gasteiger charge is -2.23. The van der Waals surface area contributed by atoms with Crippen molar-refractivity contribution >= 4 is 23.9 Å². The van der Waals surface area contributed by atoms with Gasteiger partial charge in [0.25, 0.3) is 0 Å². The van der Waals surface area contributed by atoms with Gasteiger partial charge in [0.2, 0.25) is 0 Å². The molecule has 20 nitrogen and oxygen atoms in total. The second-order valence-corrected chi connectivity index (χ2v) is 33.4. The van der Waals surface area contributed by atoms with Gasteiger partial charge in [-0.3, -0.25) is 19.2 Å². The Morgan fingerprint density at radius 1 is 0.213 bits per heavy atom. The molecule has 0 radical (unpaired) electrons. The number of aliphatic carboxylic acids is 4. The maximum Gasteiger partial charge on any atom is 0.309 e. The molecular formula is C74H148O20. The average molecular weight is 1360 g/mol. The average Bonchev–Trinajstić information content (AvgIpc) is 1.49. The van der Waals surface area contributed by atoms with Crippen molar-refractivity contribution in [3.8, 4) is 0 Å². The van der Waals surface area contributed by atoms with Gasteiger partial charge in [-0.05, 0) is 270 Å². The van der Waals surface area contributed by atoms with E-state index in [2.05, 4.69) is 0 Å². The molecule has 94 heavy (non-hydrogen) atoms. The maximum absolute atomic E-state index is 11.0. The van der Waals surface area contributed by atoms with Crippen molar-refractivity contribution < 1.29 is 101 Å². The minimum Gasteiger partial charge on any atom is -0.481 e. The summed E-state index contributed by atoms with van der Waals surface area (Å²) in [6.45, 7) is 30.4. The molecule has 0 fully saturated rings. The summed E-state index contributed by atoms with van der Waals surface area (Å²) in [5, 5.41) is 152. The van der Waals surface area contributed by atoms with Crippen LogP contribution in [0.25, 0.3) is 0 Å². The Hall–Kier alpha value is -2.60. The normalized spacial score (nSPS) is 15.4. The minimum absolute atomic E-state index is 0.0573. The molecule has 16 N–H and O–H groups in total. The standard InChI is InChI=1S/C19H36O6.C19H40O4.C18H34O6.C18H38O4/c1-18(2,16(22)23)12-6-10-14(20)8-5-9-15(21)11-7-13-19(3,4)17(24)25;1-18(2,14-20)12-6-10-16(22)8-5-9-17(23)11-7-13-19(3,4)15-21;1-17(2,15(21)22)11-5-7-13(19)9-10-14(20)8-6-12-18(3,4)16(23)24;1-17(2,13-19)11-5-7-15(21)9-10-16(22)8-6-12-18(3,4)14-20/h14-15,20-21H,5-13H2,1-4H3,(H,22,23)(H,24,25);16-17,20-23H,5-15H2,1-4H3;13-14,19-20H,5-12H2,1-4H3,(H,21,22)(H,23,24);15-16,19-22H,5-14H2,1-4H3. The van der Waals surface area contributed by atoms with Gasteiger partial charge in [-0.2, -0.15) is 0 Å². The topological polar surface area (TPSA) is 392 Å². The highest BCUT2D eigenvalue weighted by Gasteiger charge is 2.30. The molecule has 0 saturated heterocycles. The Morgan fingerprint density at radius 3 is 0.457 bits per heavy atom. The Morgan fingerprint density at radius 2 is 0.330 bits per heavy atom. The van der Waals surface area contributed by atoms with Crippen molar-refractivity contribution in [3.05, 3.63) is 0 Å². The van der Waals surface area contributed by atoms with Crippen molar-refractivity contribution in [1.29, 1.82) is 0 Å². The Bertz CT molecular complexity index is 1780. The summed E-state index contributed by atoms with van der Waals surface area (Å²) in [5.74, 6) is -3.32. The molecule has 0 aliphatic heterocycles. The van der Waals surface area contributed by atoms with Gasteiger partial charge >= 0.3 is 23.9 Å². The summed E-state index contributed by atoms with van der Waals surface area (Å²) in [4.78, 5) is 44.0. The van der Waals surface area contributed by atoms with E-state index in [-0.39, 0.29) is 72.5 Å². The van der Waals surface area contributed by atoms with Crippen LogP contribution in [-0.2, 0) is 19.2 Å². The van der Waals surface area contributed by atoms with Crippen LogP contribution in [0.1, 0.15) is 329 Å². The quantitative estimate of drug-likeness (QED) is 0.0269. The molecule has 8 unspecified atom stereocenters. The molecule has 0 aromatic heterocycles. The first-order valence-corrected chi connectivity index (χ1v) is 35.8. The molecule has 564 valence electrons. The van der Waals surface area contributed by atoms with Crippen LogP contribution < -0.4 is 0 Å². The van der Waals surface area contributed by atoms with E-state index in [1.165, 1.54) is 0 Å². The molecule has 0 bridgehead atoms. The Balaban J connectivity index is -0.000000575. The van der Waals surface area contributed by atoms with Crippen LogP contribution in [-0.4, -0.2) is 181 Å². The van der Waals surface area contributed by atoms with E-state index in [4.69, 9.17) is 20.4 Å². The fourth-order valence-electron chi connectivity index (χ4n) is 10.2. The SMILES string of the molecule is CC(C)(CCCC(O)CCC(O)CCCC(C)(C)C(=O)O)C(=O)O.CC(C)(CCCC(O)CCCC(O)CCCC(C)(C)C(=O)O)C(=O)O.CC(C)(CO)CCCC(O)CCC(O)CCCC(C)(C)CO.CC(C)(CO)CCCC(O)CCCC(O)CCCC(C)(C)CO. The Kier molecular flexibility index (Phi) is 52.7. The van der Waals surface area contributed by atoms with E-state index in [0.717, 1.165) is 96.3 Å². The minimum atomic E-state index is -0.836. The summed E-state index contributed by atoms with van der Waals surface area (Å²) in [6, 6.07) is 0. The Labute approximate surface area is 570 Å². The zero-order valence-corrected chi connectivity index (χ0v) is 62.3. The van der Waals surface area contributed by atoms with Gasteiger partial charge in [0.1, 0.15) is 0 Å². The first-order valence-electron chi connectivity index (χ1n) is 35.8. The van der Waals surface area contributed by atoms with Crippen LogP contribution in [0.3, 0.4) is 0 Å². The second-order valence-electron chi connectivity index (χ2n) is 33.4. The molecule has 0 rings (SSSR count). The molecule has 0 spiro atoms. The van der Waals surface area contributed by atoms with Gasteiger partial charge in [-0.25, -0.2) is 0 Å². The van der Waals surface area contributed by atoms with Crippen molar-refractivity contribution in [3.63, 3.8) is 0 Å². The van der Waals surface area contributed by atoms with Crippen LogP contribution in [0, 0.1) is 43.3 Å². The number of hydrogen-bond donors (Lipinski definition) is 16. The highest BCUT2D eigenvalue weighted by Crippen LogP contribution is 2.31. The lowest BCUT2D eigenvalue weighted by atomic mass is 9.86. The van der Waals surface area contributed by atoms with E-state index in [1.54, 1.807) is 55.4 Å². The van der Waals surface area contributed by atoms with E-state index >= 15 is 0 Å². The molecule has 0 aromatic carbocycles. The fourth-order valence-corrected chi connectivity index (χ4v) is 10.2. The second kappa shape index (κ2) is 50.7. The lowest BCUT2D eigenvalue weighted by molar-refractivity contribution is -0.148. The lowest BCUT2D eigenvalue weighted by Crippen LogP contribution is -2.24. The first-order chi connectivity index (χ1) is 43.0. The molecule has 0 aromatic rings. The molecule has 0 heterocycles. The summed E-state index contributed by atoms with van der Waals surface area (Å²) in [5.41, 5.74) is -3.35. The van der Waals surface area contributed by atoms with Gasteiger partial charge in [0.05, 0.1) is 70.5 Å². The monoisotopic (exact) mass is 1360 g/mol. The third-order valence-corrected chi connectivity index (χ3v) is 18.8. The zero-order chi connectivity index (χ0) is 73.8. The summed E-state index contributed by atoms with van der Waals surface area (Å²) >= 11 is 0. The van der Waals surface area contributed by atoms with Crippen molar-refractivity contribution in [1.82, 2.24) is 0 Å². The molecular weight excluding hydrogens is 1210 g/mol. The molecule has 20 heteroatoms. The maximum atomic E-state index is 11.0. The largest absolute Gasteiger partial charge is 0.481 e. The van der Waals surface area contributed by atoms with Gasteiger partial charge in [-0.1, -0.05) is 81.1 Å². The zero-order valence-electron chi connectivity index (χ0n) is 62.3. The van der Waals surface area contributed by atoms with E-state index in [1.807, 2.05) is 55.4 Å². The molecule has 8 atom stereocenters. The molecule has 0 aliphatic carbocycles. The predicted octanol–water partition coefficient (Wildman–Crippen LogP) is 12.6. The first kappa shape index (κ1) is 97.8. The van der Waals surface area contributed by atoms with Crippen molar-refractivity contribution in [2.24, 2.45) is 43.3 Å². The third kappa shape index (κ3) is 56.3. The van der Waals surface area contributed by atoms with Crippen molar-refractivity contribution in [2.45, 2.75) is 378 Å². The summed E-state index contributed by atoms with van der Waals surface area (Å²) < 4.78 is 0. The van der Waals surface area contributed by atoms with Gasteiger partial charge in [0, 0.05) is 26.4 Å². The number of carbonyl (C=O) groups is 4. The molecule has 0 amide bonds. The number of carboxylic acid groups (broad SMARTS) is 4. The van der Waals surface area contributed by atoms with Gasteiger partial charge in [-0.15, -0.1) is 0 Å². The number of rotatable bonds is 54. The van der Waals surface area contributed by atoms with Gasteiger partial charge < -0.3 is 81.7 Å². The van der Waals surface area contributed by atoms with Crippen LogP contribution in [0.15, 0.2) is 0 Å². The molecule has 0 aliphatic rings. The predicted molar refractivity (Wildman–Crippen MR) is 374 cm³/mol. The van der Waals surface area contributed by atoms with Gasteiger partial charge in [0.15, 0.2) is 0 Å². The fraction of sp³-hybridized carbons (Fsp3) is 0.946. The number of carboxylic acids is 4. The van der Waals surface area contributed by atoms with Crippen LogP contribution >= 0.6 is 0 Å². The number of hydrogen-bond acceptors (Lipinski definition) is 16. The van der Waals surface area contributed by atoms with E-state index in [9.17, 15) is 80.5 Å². The highest BCUT2D eigenvalue weighted by atomic mass is 16.4. The van der Waals surface area contributed by atoms with Crippen LogP contribution in [0.4, 0.5) is 0 Å².